The van der Waals surface area contributed by atoms with Gasteiger partial charge < -0.3 is 15.5 Å². The Balaban J connectivity index is 1.83. The van der Waals surface area contributed by atoms with E-state index in [9.17, 15) is 4.21 Å². The van der Waals surface area contributed by atoms with E-state index in [2.05, 4.69) is 58.8 Å². The summed E-state index contributed by atoms with van der Waals surface area (Å²) in [6.07, 6.45) is 4.32. The highest BCUT2D eigenvalue weighted by molar-refractivity contribution is 7.85. The minimum Gasteiger partial charge on any atom is -0.370 e. The third-order valence-corrected chi connectivity index (χ3v) is 6.98. The number of anilines is 1. The Kier molecular flexibility index (Phi) is 8.42. The van der Waals surface area contributed by atoms with Gasteiger partial charge in [0.15, 0.2) is 5.96 Å². The number of nitrogens with zero attached hydrogens (tertiary/aromatic N) is 2. The normalized spacial score (nSPS) is 23.2. The van der Waals surface area contributed by atoms with Gasteiger partial charge in [-0.2, -0.15) is 0 Å². The number of para-hydroxylation sites is 1. The maximum Gasteiger partial charge on any atom is 0.191 e. The van der Waals surface area contributed by atoms with Crippen molar-refractivity contribution in [2.45, 2.75) is 56.9 Å². The maximum absolute atomic E-state index is 12.1. The van der Waals surface area contributed by atoms with Crippen LogP contribution in [0.25, 0.3) is 0 Å². The van der Waals surface area contributed by atoms with Gasteiger partial charge in [0.2, 0.25) is 0 Å². The molecule has 1 aliphatic rings. The predicted molar refractivity (Wildman–Crippen MR) is 114 cm³/mol. The molecule has 2 N–H and O–H groups in total. The molecular formula is C20H34N4OS. The molecule has 1 saturated carbocycles. The van der Waals surface area contributed by atoms with Crippen LogP contribution in [0.1, 0.15) is 39.5 Å². The molecule has 0 radical (unpaired) electrons. The van der Waals surface area contributed by atoms with Gasteiger partial charge in [0, 0.05) is 60.2 Å². The lowest BCUT2D eigenvalue weighted by Crippen LogP contribution is -2.49. The fraction of sp³-hybridized carbons (Fsp3) is 0.650. The number of likely N-dealkylation sites (N-methyl/N-ethyl adjacent to an activating group) is 1. The maximum atomic E-state index is 12.1. The van der Waals surface area contributed by atoms with Crippen LogP contribution in [0.3, 0.4) is 0 Å². The smallest absolute Gasteiger partial charge is 0.191 e. The van der Waals surface area contributed by atoms with Crippen molar-refractivity contribution in [1.82, 2.24) is 10.6 Å². The van der Waals surface area contributed by atoms with Gasteiger partial charge in [-0.05, 0) is 38.3 Å². The number of nitrogens with one attached hydrogen (secondary N) is 2. The molecule has 26 heavy (non-hydrogen) atoms. The first-order chi connectivity index (χ1) is 12.5. The third-order valence-electron chi connectivity index (χ3n) is 5.24. The highest BCUT2D eigenvalue weighted by atomic mass is 32.2. The minimum atomic E-state index is -0.696. The lowest BCUT2D eigenvalue weighted by Gasteiger charge is -2.31. The van der Waals surface area contributed by atoms with Crippen LogP contribution in [-0.4, -0.2) is 53.9 Å². The average Bonchev–Trinajstić information content (AvgIpc) is 2.70. The van der Waals surface area contributed by atoms with Gasteiger partial charge in [-0.25, -0.2) is 0 Å². The zero-order valence-electron chi connectivity index (χ0n) is 16.6. The fourth-order valence-corrected chi connectivity index (χ4v) is 4.79. The molecule has 0 bridgehead atoms. The number of benzene rings is 1. The molecule has 5 nitrogen and oxygen atoms in total. The summed E-state index contributed by atoms with van der Waals surface area (Å²) in [5.41, 5.74) is 1.21. The van der Waals surface area contributed by atoms with Crippen LogP contribution < -0.4 is 15.5 Å². The third kappa shape index (κ3) is 6.01. The topological polar surface area (TPSA) is 56.7 Å². The van der Waals surface area contributed by atoms with E-state index in [0.717, 1.165) is 43.9 Å². The zero-order valence-corrected chi connectivity index (χ0v) is 17.4. The summed E-state index contributed by atoms with van der Waals surface area (Å²) < 4.78 is 12.1. The fourth-order valence-electron chi connectivity index (χ4n) is 3.44. The molecule has 0 aromatic heterocycles. The van der Waals surface area contributed by atoms with Crippen molar-refractivity contribution in [3.05, 3.63) is 30.3 Å². The Morgan fingerprint density at radius 2 is 2.08 bits per heavy atom. The molecule has 6 heteroatoms. The van der Waals surface area contributed by atoms with Crippen molar-refractivity contribution in [2.24, 2.45) is 4.99 Å². The van der Waals surface area contributed by atoms with Gasteiger partial charge in [-0.1, -0.05) is 31.5 Å². The molecule has 0 spiro atoms. The quantitative estimate of drug-likeness (QED) is 0.566. The lowest BCUT2D eigenvalue weighted by atomic mass is 9.95. The molecule has 0 heterocycles. The summed E-state index contributed by atoms with van der Waals surface area (Å²) in [6.45, 7) is 5.02. The van der Waals surface area contributed by atoms with E-state index < -0.39 is 10.8 Å². The van der Waals surface area contributed by atoms with E-state index in [1.807, 2.05) is 20.0 Å². The van der Waals surface area contributed by atoms with Crippen LogP contribution in [0.2, 0.25) is 0 Å². The highest BCUT2D eigenvalue weighted by Crippen LogP contribution is 2.23. The molecule has 1 fully saturated rings. The molecule has 0 aliphatic heterocycles. The first-order valence-electron chi connectivity index (χ1n) is 9.67. The van der Waals surface area contributed by atoms with Crippen LogP contribution in [0.5, 0.6) is 0 Å². The van der Waals surface area contributed by atoms with Crippen LogP contribution >= 0.6 is 0 Å². The monoisotopic (exact) mass is 378 g/mol. The molecule has 2 rings (SSSR count). The van der Waals surface area contributed by atoms with Crippen molar-refractivity contribution >= 4 is 22.4 Å². The van der Waals surface area contributed by atoms with Crippen molar-refractivity contribution in [1.29, 1.82) is 0 Å². The van der Waals surface area contributed by atoms with Crippen LogP contribution in [0.4, 0.5) is 5.69 Å². The SMILES string of the molecule is CCS(=O)C1CCCC(NC(=NC)NCC(C)N(C)c2ccccc2)C1. The number of rotatable bonds is 7. The van der Waals surface area contributed by atoms with E-state index in [1.54, 1.807) is 0 Å². The largest absolute Gasteiger partial charge is 0.370 e. The lowest BCUT2D eigenvalue weighted by molar-refractivity contribution is 0.413. The Bertz CT molecular complexity index is 593. The second-order valence-corrected chi connectivity index (χ2v) is 9.05. The van der Waals surface area contributed by atoms with Gasteiger partial charge in [0.1, 0.15) is 0 Å². The van der Waals surface area contributed by atoms with Gasteiger partial charge in [0.05, 0.1) is 0 Å². The summed E-state index contributed by atoms with van der Waals surface area (Å²) >= 11 is 0. The zero-order chi connectivity index (χ0) is 18.9. The summed E-state index contributed by atoms with van der Waals surface area (Å²) in [5, 5.41) is 7.31. The Morgan fingerprint density at radius 3 is 2.73 bits per heavy atom. The number of aliphatic imine (C=N–C) groups is 1. The first-order valence-corrected chi connectivity index (χ1v) is 11.1. The number of hydrogen-bond acceptors (Lipinski definition) is 3. The molecular weight excluding hydrogens is 344 g/mol. The molecule has 146 valence electrons. The standard InChI is InChI=1S/C20H34N4OS/c1-5-26(25)19-13-9-10-17(14-19)23-20(21-3)22-15-16(2)24(4)18-11-7-6-8-12-18/h6-8,11-12,16-17,19H,5,9-10,13-15H2,1-4H3,(H2,21,22,23). The van der Waals surface area contributed by atoms with E-state index in [-0.39, 0.29) is 0 Å². The van der Waals surface area contributed by atoms with E-state index >= 15 is 0 Å². The molecule has 1 aromatic carbocycles. The van der Waals surface area contributed by atoms with Gasteiger partial charge >= 0.3 is 0 Å². The van der Waals surface area contributed by atoms with Crippen LogP contribution in [0.15, 0.2) is 35.3 Å². The van der Waals surface area contributed by atoms with Crippen molar-refractivity contribution in [3.63, 3.8) is 0 Å². The minimum absolute atomic E-state index is 0.326. The molecule has 0 amide bonds. The summed E-state index contributed by atoms with van der Waals surface area (Å²) in [7, 11) is 3.23. The molecule has 4 atom stereocenters. The summed E-state index contributed by atoms with van der Waals surface area (Å²) in [5.74, 6) is 1.60. The first kappa shape index (κ1) is 20.7. The Hall–Kier alpha value is -1.56. The van der Waals surface area contributed by atoms with Gasteiger partial charge in [-0.15, -0.1) is 0 Å². The van der Waals surface area contributed by atoms with Crippen molar-refractivity contribution in [2.75, 3.05) is 31.3 Å². The second kappa shape index (κ2) is 10.6. The average molecular weight is 379 g/mol. The summed E-state index contributed by atoms with van der Waals surface area (Å²) in [6, 6.07) is 11.1. The molecule has 1 aromatic rings. The van der Waals surface area contributed by atoms with Gasteiger partial charge in [0.25, 0.3) is 0 Å². The van der Waals surface area contributed by atoms with Gasteiger partial charge in [-0.3, -0.25) is 9.20 Å². The van der Waals surface area contributed by atoms with Crippen LogP contribution in [-0.2, 0) is 10.8 Å². The molecule has 0 saturated heterocycles. The van der Waals surface area contributed by atoms with Crippen molar-refractivity contribution in [3.8, 4) is 0 Å². The highest BCUT2D eigenvalue weighted by Gasteiger charge is 2.26. The Labute approximate surface area is 161 Å². The molecule has 1 aliphatic carbocycles. The van der Waals surface area contributed by atoms with Crippen molar-refractivity contribution < 1.29 is 4.21 Å². The van der Waals surface area contributed by atoms with Crippen LogP contribution in [0, 0.1) is 0 Å². The second-order valence-electron chi connectivity index (χ2n) is 7.05. The summed E-state index contributed by atoms with van der Waals surface area (Å²) in [4.78, 5) is 6.64. The van der Waals surface area contributed by atoms with E-state index in [0.29, 0.717) is 17.3 Å². The number of hydrogen-bond donors (Lipinski definition) is 2. The molecule has 4 unspecified atom stereocenters. The van der Waals surface area contributed by atoms with E-state index in [4.69, 9.17) is 0 Å². The van der Waals surface area contributed by atoms with E-state index in [1.165, 1.54) is 5.69 Å². The number of guanidine groups is 1. The Morgan fingerprint density at radius 1 is 1.35 bits per heavy atom. The predicted octanol–water partition coefficient (Wildman–Crippen LogP) is 2.76.